The lowest BCUT2D eigenvalue weighted by molar-refractivity contribution is -0.143. The maximum Gasteiger partial charge on any atom is 0.139 e. The Balaban J connectivity index is 1.77. The van der Waals surface area contributed by atoms with Gasteiger partial charge in [0.05, 0.1) is 12.6 Å². The number of benzene rings is 2. The first-order chi connectivity index (χ1) is 11.3. The molecule has 1 fully saturated rings. The molecule has 0 bridgehead atoms. The van der Waals surface area contributed by atoms with Crippen LogP contribution in [0.15, 0.2) is 60.7 Å². The van der Waals surface area contributed by atoms with Crippen molar-refractivity contribution in [2.45, 2.75) is 24.8 Å². The molecule has 1 N–H and O–H groups in total. The zero-order valence-electron chi connectivity index (χ0n) is 12.9. The summed E-state index contributed by atoms with van der Waals surface area (Å²) in [4.78, 5) is 13.7. The summed E-state index contributed by atoms with van der Waals surface area (Å²) in [5.41, 5.74) is 1.92. The Kier molecular flexibility index (Phi) is 5.18. The van der Waals surface area contributed by atoms with Crippen molar-refractivity contribution in [3.8, 4) is 0 Å². The van der Waals surface area contributed by atoms with Gasteiger partial charge in [-0.2, -0.15) is 0 Å². The van der Waals surface area contributed by atoms with Crippen LogP contribution in [0.1, 0.15) is 17.2 Å². The van der Waals surface area contributed by atoms with Gasteiger partial charge >= 0.3 is 0 Å². The molecule has 0 spiro atoms. The van der Waals surface area contributed by atoms with Gasteiger partial charge < -0.3 is 14.6 Å². The number of hydrogen-bond acceptors (Lipinski definition) is 4. The number of carbonyl (C=O) groups excluding carboxylic acids is 1. The number of carbonyl (C=O) groups is 1. The standard InChI is InChI=1S/C19H21NO3/c21-14-17-19(18(22)16-9-5-2-6-10-16)23-12-11-20(17)13-15-7-3-1-4-8-15/h1-10,14,17-19,22H,11-13H2/t17-,18+,19+/m0/s1. The lowest BCUT2D eigenvalue weighted by Gasteiger charge is -2.40. The minimum absolute atomic E-state index is 0.459. The number of nitrogens with zero attached hydrogens (tertiary/aromatic N) is 1. The largest absolute Gasteiger partial charge is 0.386 e. The highest BCUT2D eigenvalue weighted by molar-refractivity contribution is 5.59. The molecule has 1 aliphatic heterocycles. The third-order valence-corrected chi connectivity index (χ3v) is 4.27. The van der Waals surface area contributed by atoms with E-state index >= 15 is 0 Å². The molecule has 1 saturated heterocycles. The average Bonchev–Trinajstić information content (AvgIpc) is 2.62. The van der Waals surface area contributed by atoms with Gasteiger partial charge in [-0.15, -0.1) is 0 Å². The molecule has 2 aromatic rings. The molecule has 1 aliphatic rings. The summed E-state index contributed by atoms with van der Waals surface area (Å²) in [6.45, 7) is 1.85. The van der Waals surface area contributed by atoms with Crippen LogP contribution in [0.4, 0.5) is 0 Å². The van der Waals surface area contributed by atoms with Crippen molar-refractivity contribution in [1.82, 2.24) is 4.90 Å². The van der Waals surface area contributed by atoms with E-state index in [1.54, 1.807) is 0 Å². The number of hydrogen-bond donors (Lipinski definition) is 1. The summed E-state index contributed by atoms with van der Waals surface area (Å²) < 4.78 is 5.74. The predicted molar refractivity (Wildman–Crippen MR) is 87.8 cm³/mol. The second-order valence-corrected chi connectivity index (χ2v) is 5.77. The van der Waals surface area contributed by atoms with E-state index in [1.165, 1.54) is 0 Å². The normalized spacial score (nSPS) is 23.3. The Hall–Kier alpha value is -2.01. The van der Waals surface area contributed by atoms with Crippen LogP contribution in [0.25, 0.3) is 0 Å². The van der Waals surface area contributed by atoms with E-state index in [9.17, 15) is 9.90 Å². The first-order valence-corrected chi connectivity index (χ1v) is 7.87. The number of aliphatic hydroxyl groups excluding tert-OH is 1. The fraction of sp³-hybridized carbons (Fsp3) is 0.316. The fourth-order valence-electron chi connectivity index (χ4n) is 3.05. The lowest BCUT2D eigenvalue weighted by atomic mass is 9.96. The van der Waals surface area contributed by atoms with E-state index in [0.29, 0.717) is 19.7 Å². The highest BCUT2D eigenvalue weighted by Gasteiger charge is 2.37. The summed E-state index contributed by atoms with van der Waals surface area (Å²) in [6.07, 6.45) is -0.476. The third kappa shape index (κ3) is 3.67. The van der Waals surface area contributed by atoms with Gasteiger partial charge in [0, 0.05) is 13.1 Å². The molecule has 3 atom stereocenters. The molecule has 2 aromatic carbocycles. The molecular formula is C19H21NO3. The minimum atomic E-state index is -0.815. The van der Waals surface area contributed by atoms with Crippen LogP contribution in [-0.2, 0) is 16.1 Å². The highest BCUT2D eigenvalue weighted by Crippen LogP contribution is 2.27. The number of aliphatic hydroxyl groups is 1. The van der Waals surface area contributed by atoms with Crippen LogP contribution in [0, 0.1) is 0 Å². The van der Waals surface area contributed by atoms with E-state index in [2.05, 4.69) is 4.90 Å². The van der Waals surface area contributed by atoms with Gasteiger partial charge in [-0.3, -0.25) is 4.90 Å². The Bertz CT molecular complexity index is 617. The van der Waals surface area contributed by atoms with Crippen molar-refractivity contribution in [3.63, 3.8) is 0 Å². The van der Waals surface area contributed by atoms with Crippen molar-refractivity contribution < 1.29 is 14.6 Å². The molecule has 0 aromatic heterocycles. The van der Waals surface area contributed by atoms with E-state index in [-0.39, 0.29) is 0 Å². The van der Waals surface area contributed by atoms with E-state index in [0.717, 1.165) is 17.4 Å². The van der Waals surface area contributed by atoms with Crippen LogP contribution in [-0.4, -0.2) is 41.6 Å². The smallest absolute Gasteiger partial charge is 0.139 e. The fourth-order valence-corrected chi connectivity index (χ4v) is 3.05. The summed E-state index contributed by atoms with van der Waals surface area (Å²) in [7, 11) is 0. The number of morpholine rings is 1. The Labute approximate surface area is 136 Å². The van der Waals surface area contributed by atoms with Crippen LogP contribution >= 0.6 is 0 Å². The van der Waals surface area contributed by atoms with Gasteiger partial charge in [0.2, 0.25) is 0 Å². The molecule has 1 heterocycles. The van der Waals surface area contributed by atoms with Gasteiger partial charge in [-0.1, -0.05) is 60.7 Å². The Morgan fingerprint density at radius 1 is 1.13 bits per heavy atom. The van der Waals surface area contributed by atoms with Crippen molar-refractivity contribution >= 4 is 6.29 Å². The first kappa shape index (κ1) is 15.9. The van der Waals surface area contributed by atoms with Gasteiger partial charge in [-0.05, 0) is 11.1 Å². The zero-order valence-corrected chi connectivity index (χ0v) is 12.9. The molecule has 0 unspecified atom stereocenters. The van der Waals surface area contributed by atoms with Crippen molar-refractivity contribution in [3.05, 3.63) is 71.8 Å². The topological polar surface area (TPSA) is 49.8 Å². The van der Waals surface area contributed by atoms with E-state index in [4.69, 9.17) is 4.74 Å². The Morgan fingerprint density at radius 3 is 2.43 bits per heavy atom. The van der Waals surface area contributed by atoms with Crippen LogP contribution in [0.5, 0.6) is 0 Å². The number of ether oxygens (including phenoxy) is 1. The first-order valence-electron chi connectivity index (χ1n) is 7.87. The second-order valence-electron chi connectivity index (χ2n) is 5.77. The molecule has 0 radical (unpaired) electrons. The zero-order chi connectivity index (χ0) is 16.1. The maximum atomic E-state index is 11.7. The molecule has 120 valence electrons. The molecule has 0 amide bonds. The highest BCUT2D eigenvalue weighted by atomic mass is 16.5. The molecule has 23 heavy (non-hydrogen) atoms. The molecular weight excluding hydrogens is 290 g/mol. The predicted octanol–water partition coefficient (Wildman–Crippen LogP) is 2.19. The number of aldehydes is 1. The Morgan fingerprint density at radius 2 is 1.78 bits per heavy atom. The summed E-state index contributed by atoms with van der Waals surface area (Å²) in [6, 6.07) is 18.9. The van der Waals surface area contributed by atoms with E-state index in [1.807, 2.05) is 60.7 Å². The van der Waals surface area contributed by atoms with Crippen molar-refractivity contribution in [2.24, 2.45) is 0 Å². The summed E-state index contributed by atoms with van der Waals surface area (Å²) >= 11 is 0. The van der Waals surface area contributed by atoms with Crippen molar-refractivity contribution in [2.75, 3.05) is 13.2 Å². The average molecular weight is 311 g/mol. The lowest BCUT2D eigenvalue weighted by Crippen LogP contribution is -2.53. The molecule has 4 heteroatoms. The molecule has 3 rings (SSSR count). The quantitative estimate of drug-likeness (QED) is 0.860. The maximum absolute atomic E-state index is 11.7. The van der Waals surface area contributed by atoms with E-state index < -0.39 is 18.2 Å². The molecule has 4 nitrogen and oxygen atoms in total. The number of rotatable bonds is 5. The monoisotopic (exact) mass is 311 g/mol. The van der Waals surface area contributed by atoms with Crippen LogP contribution < -0.4 is 0 Å². The summed E-state index contributed by atoms with van der Waals surface area (Å²) in [5, 5.41) is 10.6. The van der Waals surface area contributed by atoms with Gasteiger partial charge in [0.1, 0.15) is 18.5 Å². The minimum Gasteiger partial charge on any atom is -0.386 e. The van der Waals surface area contributed by atoms with Crippen molar-refractivity contribution in [1.29, 1.82) is 0 Å². The third-order valence-electron chi connectivity index (χ3n) is 4.27. The van der Waals surface area contributed by atoms with Gasteiger partial charge in [0.25, 0.3) is 0 Å². The summed E-state index contributed by atoms with van der Waals surface area (Å²) in [5.74, 6) is 0. The van der Waals surface area contributed by atoms with Gasteiger partial charge in [-0.25, -0.2) is 0 Å². The molecule has 0 saturated carbocycles. The SMILES string of the molecule is O=C[C@H]1[C@H]([C@H](O)c2ccccc2)OCCN1Cc1ccccc1. The second kappa shape index (κ2) is 7.51. The molecule has 0 aliphatic carbocycles. The van der Waals surface area contributed by atoms with Crippen LogP contribution in [0.2, 0.25) is 0 Å². The van der Waals surface area contributed by atoms with Gasteiger partial charge in [0.15, 0.2) is 0 Å². The van der Waals surface area contributed by atoms with Crippen LogP contribution in [0.3, 0.4) is 0 Å².